The molecule has 0 spiro atoms. The molecule has 0 fully saturated rings. The van der Waals surface area contributed by atoms with E-state index < -0.39 is 5.82 Å². The van der Waals surface area contributed by atoms with Crippen molar-refractivity contribution in [2.24, 2.45) is 0 Å². The summed E-state index contributed by atoms with van der Waals surface area (Å²) in [4.78, 5) is 12.8. The summed E-state index contributed by atoms with van der Waals surface area (Å²) in [6.07, 6.45) is 0. The molecular weight excluding hydrogens is 341 g/mol. The Bertz CT molecular complexity index is 803. The molecule has 1 amide bonds. The number of hydrogen-bond acceptors (Lipinski definition) is 4. The Hall–Kier alpha value is -2.73. The molecule has 0 saturated carbocycles. The first-order valence-corrected chi connectivity index (χ1v) is 8.12. The fourth-order valence-corrected chi connectivity index (χ4v) is 2.72. The molecule has 2 aromatic rings. The monoisotopic (exact) mass is 359 g/mol. The van der Waals surface area contributed by atoms with Gasteiger partial charge in [0.05, 0.1) is 19.1 Å². The predicted octanol–water partition coefficient (Wildman–Crippen LogP) is 4.70. The van der Waals surface area contributed by atoms with Crippen LogP contribution in [0.25, 0.3) is 4.91 Å². The normalized spacial score (nSPS) is 10.0. The molecule has 1 N–H and O–H groups in total. The van der Waals surface area contributed by atoms with E-state index in [9.17, 15) is 9.18 Å². The number of rotatable bonds is 7. The van der Waals surface area contributed by atoms with Gasteiger partial charge >= 0.3 is 0 Å². The highest BCUT2D eigenvalue weighted by atomic mass is 32.2. The second kappa shape index (κ2) is 8.39. The van der Waals surface area contributed by atoms with Gasteiger partial charge in [-0.1, -0.05) is 37.1 Å². The Labute approximate surface area is 150 Å². The van der Waals surface area contributed by atoms with Crippen molar-refractivity contribution in [3.05, 3.63) is 71.9 Å². The number of hydrogen-bond donors (Lipinski definition) is 1. The van der Waals surface area contributed by atoms with E-state index in [2.05, 4.69) is 18.5 Å². The average molecular weight is 359 g/mol. The van der Waals surface area contributed by atoms with Crippen LogP contribution < -0.4 is 14.8 Å². The van der Waals surface area contributed by atoms with Gasteiger partial charge in [-0.25, -0.2) is 4.39 Å². The van der Waals surface area contributed by atoms with Crippen LogP contribution >= 0.6 is 11.8 Å². The zero-order valence-corrected chi connectivity index (χ0v) is 14.8. The quantitative estimate of drug-likeness (QED) is 0.728. The summed E-state index contributed by atoms with van der Waals surface area (Å²) >= 11 is 1.000. The molecular formula is C19H18FNO3S. The van der Waals surface area contributed by atoms with Gasteiger partial charge in [-0.3, -0.25) is 4.79 Å². The van der Waals surface area contributed by atoms with Crippen molar-refractivity contribution < 1.29 is 18.7 Å². The van der Waals surface area contributed by atoms with E-state index >= 15 is 0 Å². The Morgan fingerprint density at radius 3 is 2.36 bits per heavy atom. The largest absolute Gasteiger partial charge is 0.497 e. The number of thioether (sulfide) groups is 1. The van der Waals surface area contributed by atoms with Crippen LogP contribution in [-0.4, -0.2) is 20.1 Å². The van der Waals surface area contributed by atoms with Crippen LogP contribution in [-0.2, 0) is 4.79 Å². The number of nitrogens with one attached hydrogen (secondary N) is 1. The first kappa shape index (κ1) is 18.6. The van der Waals surface area contributed by atoms with Gasteiger partial charge in [0.1, 0.15) is 5.75 Å². The summed E-state index contributed by atoms with van der Waals surface area (Å²) < 4.78 is 24.3. The lowest BCUT2D eigenvalue weighted by atomic mass is 10.2. The zero-order chi connectivity index (χ0) is 18.4. The first-order valence-electron chi connectivity index (χ1n) is 7.30. The second-order valence-corrected chi connectivity index (χ2v) is 6.14. The van der Waals surface area contributed by atoms with Crippen LogP contribution in [0.3, 0.4) is 0 Å². The molecule has 0 atom stereocenters. The highest BCUT2D eigenvalue weighted by Crippen LogP contribution is 2.35. The third kappa shape index (κ3) is 4.64. The molecule has 0 unspecified atom stereocenters. The van der Waals surface area contributed by atoms with Gasteiger partial charge in [0, 0.05) is 16.2 Å². The smallest absolute Gasteiger partial charge is 0.261 e. The van der Waals surface area contributed by atoms with Gasteiger partial charge in [-0.2, -0.15) is 0 Å². The Morgan fingerprint density at radius 2 is 1.76 bits per heavy atom. The van der Waals surface area contributed by atoms with Gasteiger partial charge in [-0.15, -0.1) is 0 Å². The number of methoxy groups -OCH3 is 2. The average Bonchev–Trinajstić information content (AvgIpc) is 2.62. The maximum Gasteiger partial charge on any atom is 0.261 e. The van der Waals surface area contributed by atoms with E-state index in [1.165, 1.54) is 13.2 Å². The van der Waals surface area contributed by atoms with Crippen molar-refractivity contribution in [2.75, 3.05) is 19.5 Å². The molecule has 0 saturated heterocycles. The summed E-state index contributed by atoms with van der Waals surface area (Å²) in [5, 5.41) is 2.71. The fraction of sp³-hybridized carbons (Fsp3) is 0.105. The molecule has 0 radical (unpaired) electrons. The second-order valence-electron chi connectivity index (χ2n) is 4.95. The minimum atomic E-state index is -0.522. The minimum Gasteiger partial charge on any atom is -0.497 e. The third-order valence-corrected chi connectivity index (χ3v) is 4.23. The van der Waals surface area contributed by atoms with Crippen LogP contribution in [0.1, 0.15) is 5.56 Å². The first-order chi connectivity index (χ1) is 12.0. The molecule has 2 rings (SSSR count). The predicted molar refractivity (Wildman–Crippen MR) is 100 cm³/mol. The Kier molecular flexibility index (Phi) is 6.25. The molecule has 0 heterocycles. The van der Waals surface area contributed by atoms with Crippen molar-refractivity contribution in [3.63, 3.8) is 0 Å². The van der Waals surface area contributed by atoms with Crippen LogP contribution in [0.5, 0.6) is 11.5 Å². The number of anilines is 1. The lowest BCUT2D eigenvalue weighted by Gasteiger charge is -2.11. The summed E-state index contributed by atoms with van der Waals surface area (Å²) in [7, 11) is 2.95. The number of carbonyl (C=O) groups is 1. The Balaban J connectivity index is 2.03. The van der Waals surface area contributed by atoms with Gasteiger partial charge < -0.3 is 14.8 Å². The third-order valence-electron chi connectivity index (χ3n) is 3.33. The lowest BCUT2D eigenvalue weighted by molar-refractivity contribution is -0.112. The topological polar surface area (TPSA) is 47.6 Å². The molecule has 0 aliphatic carbocycles. The SMILES string of the molecule is C=C(SC(=C)c1cccc(OC)c1F)C(=O)Nc1ccc(OC)cc1. The van der Waals surface area contributed by atoms with E-state index in [1.54, 1.807) is 43.5 Å². The van der Waals surface area contributed by atoms with E-state index in [-0.39, 0.29) is 22.1 Å². The van der Waals surface area contributed by atoms with Crippen LogP contribution in [0.15, 0.2) is 60.5 Å². The van der Waals surface area contributed by atoms with Gasteiger partial charge in [0.15, 0.2) is 11.6 Å². The van der Waals surface area contributed by atoms with E-state index in [0.29, 0.717) is 16.3 Å². The van der Waals surface area contributed by atoms with Crippen molar-refractivity contribution >= 4 is 28.3 Å². The van der Waals surface area contributed by atoms with Crippen molar-refractivity contribution in [2.45, 2.75) is 0 Å². The Morgan fingerprint density at radius 1 is 1.08 bits per heavy atom. The van der Waals surface area contributed by atoms with Crippen molar-refractivity contribution in [1.29, 1.82) is 0 Å². The van der Waals surface area contributed by atoms with Gasteiger partial charge in [-0.05, 0) is 30.3 Å². The molecule has 130 valence electrons. The summed E-state index contributed by atoms with van der Waals surface area (Å²) in [6, 6.07) is 11.6. The van der Waals surface area contributed by atoms with E-state index in [1.807, 2.05) is 0 Å². The van der Waals surface area contributed by atoms with E-state index in [0.717, 1.165) is 11.8 Å². The van der Waals surface area contributed by atoms with Gasteiger partial charge in [0.2, 0.25) is 0 Å². The maximum atomic E-state index is 14.3. The highest BCUT2D eigenvalue weighted by Gasteiger charge is 2.15. The zero-order valence-electron chi connectivity index (χ0n) is 14.0. The number of halogens is 1. The molecule has 0 aromatic heterocycles. The number of ether oxygens (including phenoxy) is 2. The molecule has 0 bridgehead atoms. The van der Waals surface area contributed by atoms with Crippen molar-refractivity contribution in [1.82, 2.24) is 0 Å². The minimum absolute atomic E-state index is 0.118. The molecule has 4 nitrogen and oxygen atoms in total. The molecule has 2 aromatic carbocycles. The molecule has 0 aliphatic rings. The summed E-state index contributed by atoms with van der Waals surface area (Å²) in [5.41, 5.74) is 0.869. The van der Waals surface area contributed by atoms with Crippen LogP contribution in [0.2, 0.25) is 0 Å². The maximum absolute atomic E-state index is 14.3. The van der Waals surface area contributed by atoms with Crippen LogP contribution in [0.4, 0.5) is 10.1 Å². The highest BCUT2D eigenvalue weighted by molar-refractivity contribution is 8.12. The summed E-state index contributed by atoms with van der Waals surface area (Å²) in [5.74, 6) is -0.105. The summed E-state index contributed by atoms with van der Waals surface area (Å²) in [6.45, 7) is 7.56. The molecule has 25 heavy (non-hydrogen) atoms. The number of amides is 1. The molecule has 0 aliphatic heterocycles. The van der Waals surface area contributed by atoms with E-state index in [4.69, 9.17) is 9.47 Å². The standard InChI is InChI=1S/C19H18FNO3S/c1-12(16-6-5-7-17(24-4)18(16)20)25-13(2)19(22)21-14-8-10-15(23-3)11-9-14/h5-11H,1-2H2,3-4H3,(H,21,22). The molecule has 6 heteroatoms. The number of carbonyl (C=O) groups excluding carboxylic acids is 1. The lowest BCUT2D eigenvalue weighted by Crippen LogP contribution is -2.12. The number of benzene rings is 2. The van der Waals surface area contributed by atoms with Crippen molar-refractivity contribution in [3.8, 4) is 11.5 Å². The fourth-order valence-electron chi connectivity index (χ4n) is 2.01. The van der Waals surface area contributed by atoms with Gasteiger partial charge in [0.25, 0.3) is 5.91 Å². The van der Waals surface area contributed by atoms with Crippen LogP contribution in [0, 0.1) is 5.82 Å².